The first kappa shape index (κ1) is 19.2. The molecule has 7 nitrogen and oxygen atoms in total. The third kappa shape index (κ3) is 4.29. The molecule has 0 spiro atoms. The summed E-state index contributed by atoms with van der Waals surface area (Å²) in [5, 5.41) is 9.06. The van der Waals surface area contributed by atoms with Gasteiger partial charge in [-0.3, -0.25) is 9.69 Å². The highest BCUT2D eigenvalue weighted by atomic mass is 16.5. The molecule has 4 heterocycles. The molecule has 3 fully saturated rings. The van der Waals surface area contributed by atoms with E-state index in [0.717, 1.165) is 70.8 Å². The Bertz CT molecular complexity index is 720. The van der Waals surface area contributed by atoms with Gasteiger partial charge in [-0.2, -0.15) is 5.26 Å². The maximum atomic E-state index is 12.9. The average Bonchev–Trinajstić information content (AvgIpc) is 2.79. The average molecular weight is 383 g/mol. The number of nitrogens with zero attached hydrogens (tertiary/aromatic N) is 5. The van der Waals surface area contributed by atoms with Crippen LogP contribution in [0.4, 0.5) is 5.82 Å². The first-order valence-electron chi connectivity index (χ1n) is 10.5. The van der Waals surface area contributed by atoms with E-state index in [2.05, 4.69) is 20.9 Å². The maximum Gasteiger partial charge on any atom is 0.227 e. The first-order chi connectivity index (χ1) is 13.7. The smallest absolute Gasteiger partial charge is 0.227 e. The van der Waals surface area contributed by atoms with Crippen LogP contribution in [0.2, 0.25) is 0 Å². The lowest BCUT2D eigenvalue weighted by atomic mass is 9.92. The fourth-order valence-corrected chi connectivity index (χ4v) is 4.70. The van der Waals surface area contributed by atoms with Crippen molar-refractivity contribution >= 4 is 11.7 Å². The fraction of sp³-hybridized carbons (Fsp3) is 0.667. The van der Waals surface area contributed by atoms with E-state index in [1.807, 2.05) is 17.0 Å². The lowest BCUT2D eigenvalue weighted by molar-refractivity contribution is -0.141. The van der Waals surface area contributed by atoms with E-state index in [-0.39, 0.29) is 5.92 Å². The number of hydrogen-bond donors (Lipinski definition) is 0. The second-order valence-corrected chi connectivity index (χ2v) is 7.98. The summed E-state index contributed by atoms with van der Waals surface area (Å²) in [6.07, 6.45) is 4.27. The number of nitriles is 1. The number of amides is 1. The third-order valence-corrected chi connectivity index (χ3v) is 6.28. The van der Waals surface area contributed by atoms with Crippen molar-refractivity contribution < 1.29 is 9.53 Å². The van der Waals surface area contributed by atoms with Gasteiger partial charge in [0, 0.05) is 38.8 Å². The van der Waals surface area contributed by atoms with Gasteiger partial charge in [0.05, 0.1) is 19.1 Å². The molecular formula is C21H29N5O2. The summed E-state index contributed by atoms with van der Waals surface area (Å²) in [7, 11) is 0. The Morgan fingerprint density at radius 3 is 2.64 bits per heavy atom. The topological polar surface area (TPSA) is 72.7 Å². The van der Waals surface area contributed by atoms with Crippen molar-refractivity contribution in [3.63, 3.8) is 0 Å². The van der Waals surface area contributed by atoms with E-state index >= 15 is 0 Å². The van der Waals surface area contributed by atoms with E-state index < -0.39 is 0 Å². The quantitative estimate of drug-likeness (QED) is 0.788. The number of anilines is 1. The molecule has 0 aliphatic carbocycles. The lowest BCUT2D eigenvalue weighted by Gasteiger charge is -2.43. The summed E-state index contributed by atoms with van der Waals surface area (Å²) in [6.45, 7) is 6.70. The summed E-state index contributed by atoms with van der Waals surface area (Å²) >= 11 is 0. The highest BCUT2D eigenvalue weighted by molar-refractivity contribution is 5.79. The van der Waals surface area contributed by atoms with Gasteiger partial charge >= 0.3 is 0 Å². The van der Waals surface area contributed by atoms with Crippen molar-refractivity contribution in [2.75, 3.05) is 57.4 Å². The molecule has 3 saturated heterocycles. The Morgan fingerprint density at radius 2 is 1.89 bits per heavy atom. The predicted octanol–water partition coefficient (Wildman–Crippen LogP) is 1.49. The number of piperidine rings is 2. The summed E-state index contributed by atoms with van der Waals surface area (Å²) in [6, 6.07) is 8.29. The van der Waals surface area contributed by atoms with Crippen LogP contribution < -0.4 is 4.90 Å². The Kier molecular flexibility index (Phi) is 6.08. The van der Waals surface area contributed by atoms with Gasteiger partial charge in [0.1, 0.15) is 17.6 Å². The van der Waals surface area contributed by atoms with E-state index in [0.29, 0.717) is 30.9 Å². The molecule has 1 atom stereocenters. The van der Waals surface area contributed by atoms with Gasteiger partial charge in [0.15, 0.2) is 0 Å². The Labute approximate surface area is 166 Å². The number of morpholine rings is 1. The van der Waals surface area contributed by atoms with Crippen LogP contribution in [0.25, 0.3) is 0 Å². The van der Waals surface area contributed by atoms with Gasteiger partial charge in [-0.15, -0.1) is 0 Å². The van der Waals surface area contributed by atoms with Crippen molar-refractivity contribution in [3.05, 3.63) is 23.9 Å². The van der Waals surface area contributed by atoms with E-state index in [9.17, 15) is 4.79 Å². The van der Waals surface area contributed by atoms with Gasteiger partial charge in [0.2, 0.25) is 5.91 Å². The molecule has 1 amide bonds. The van der Waals surface area contributed by atoms with Crippen LogP contribution in [0.1, 0.15) is 31.4 Å². The van der Waals surface area contributed by atoms with E-state index in [1.165, 1.54) is 0 Å². The Hall–Kier alpha value is -2.17. The van der Waals surface area contributed by atoms with Crippen molar-refractivity contribution in [3.8, 4) is 6.07 Å². The fourth-order valence-electron chi connectivity index (χ4n) is 4.70. The third-order valence-electron chi connectivity index (χ3n) is 6.28. The second-order valence-electron chi connectivity index (χ2n) is 7.98. The molecule has 0 aromatic carbocycles. The minimum atomic E-state index is 0.138. The van der Waals surface area contributed by atoms with Crippen LogP contribution in [0, 0.1) is 17.2 Å². The number of ether oxygens (including phenoxy) is 1. The SMILES string of the molecule is N#Cc1cccc(N2CCC(N3CCC[C@@H](C(=O)N4CCOCC4)C3)CC2)n1. The van der Waals surface area contributed by atoms with Crippen molar-refractivity contribution in [2.45, 2.75) is 31.7 Å². The molecule has 28 heavy (non-hydrogen) atoms. The van der Waals surface area contributed by atoms with Crippen LogP contribution in [-0.2, 0) is 9.53 Å². The van der Waals surface area contributed by atoms with Crippen molar-refractivity contribution in [1.82, 2.24) is 14.8 Å². The number of carbonyl (C=O) groups excluding carboxylic acids is 1. The minimum Gasteiger partial charge on any atom is -0.378 e. The van der Waals surface area contributed by atoms with Crippen LogP contribution in [0.5, 0.6) is 0 Å². The molecule has 3 aliphatic rings. The molecule has 1 aromatic rings. The molecule has 150 valence electrons. The normalized spacial score (nSPS) is 24.8. The summed E-state index contributed by atoms with van der Waals surface area (Å²) < 4.78 is 5.38. The zero-order chi connectivity index (χ0) is 19.3. The molecule has 0 radical (unpaired) electrons. The number of hydrogen-bond acceptors (Lipinski definition) is 6. The highest BCUT2D eigenvalue weighted by Crippen LogP contribution is 2.27. The van der Waals surface area contributed by atoms with E-state index in [4.69, 9.17) is 10.00 Å². The van der Waals surface area contributed by atoms with Crippen molar-refractivity contribution in [2.24, 2.45) is 5.92 Å². The molecule has 4 rings (SSSR count). The number of likely N-dealkylation sites (tertiary alicyclic amines) is 1. The molecule has 3 aliphatic heterocycles. The molecule has 1 aromatic heterocycles. The lowest BCUT2D eigenvalue weighted by Crippen LogP contribution is -2.52. The molecule has 0 N–H and O–H groups in total. The number of rotatable bonds is 3. The number of aromatic nitrogens is 1. The largest absolute Gasteiger partial charge is 0.378 e. The summed E-state index contributed by atoms with van der Waals surface area (Å²) in [5.41, 5.74) is 0.472. The van der Waals surface area contributed by atoms with Crippen molar-refractivity contribution in [1.29, 1.82) is 5.26 Å². The standard InChI is InChI=1S/C21H29N5O2/c22-15-18-4-1-5-20(23-18)24-9-6-19(7-10-24)26-8-2-3-17(16-26)21(27)25-11-13-28-14-12-25/h1,4-5,17,19H,2-3,6-14,16H2/t17-/m1/s1. The Balaban J connectivity index is 1.31. The van der Waals surface area contributed by atoms with Gasteiger partial charge in [-0.1, -0.05) is 6.07 Å². The predicted molar refractivity (Wildman–Crippen MR) is 106 cm³/mol. The van der Waals surface area contributed by atoms with E-state index in [1.54, 1.807) is 6.07 Å². The number of carbonyl (C=O) groups is 1. The maximum absolute atomic E-state index is 12.9. The molecule has 0 saturated carbocycles. The van der Waals surface area contributed by atoms with Gasteiger partial charge in [0.25, 0.3) is 0 Å². The zero-order valence-corrected chi connectivity index (χ0v) is 16.4. The molecule has 0 unspecified atom stereocenters. The molecule has 0 bridgehead atoms. The zero-order valence-electron chi connectivity index (χ0n) is 16.4. The van der Waals surface area contributed by atoms with Gasteiger partial charge in [-0.05, 0) is 44.4 Å². The van der Waals surface area contributed by atoms with Gasteiger partial charge < -0.3 is 14.5 Å². The minimum absolute atomic E-state index is 0.138. The highest BCUT2D eigenvalue weighted by Gasteiger charge is 2.34. The molecule has 7 heteroatoms. The van der Waals surface area contributed by atoms with Crippen LogP contribution in [0.15, 0.2) is 18.2 Å². The summed E-state index contributed by atoms with van der Waals surface area (Å²) in [4.78, 5) is 24.1. The molecular weight excluding hydrogens is 354 g/mol. The number of pyridine rings is 1. The first-order valence-corrected chi connectivity index (χ1v) is 10.5. The Morgan fingerprint density at radius 1 is 1.11 bits per heavy atom. The second kappa shape index (κ2) is 8.89. The monoisotopic (exact) mass is 383 g/mol. The van der Waals surface area contributed by atoms with Crippen LogP contribution in [0.3, 0.4) is 0 Å². The van der Waals surface area contributed by atoms with Crippen LogP contribution in [-0.4, -0.2) is 79.2 Å². The van der Waals surface area contributed by atoms with Gasteiger partial charge in [-0.25, -0.2) is 4.98 Å². The summed E-state index contributed by atoms with van der Waals surface area (Å²) in [5.74, 6) is 1.36. The van der Waals surface area contributed by atoms with Crippen LogP contribution >= 0.6 is 0 Å².